The molecule has 2 nitrogen and oxygen atoms in total. The van der Waals surface area contributed by atoms with Gasteiger partial charge in [0.05, 0.1) is 0 Å². The summed E-state index contributed by atoms with van der Waals surface area (Å²) in [7, 11) is 3.44. The van der Waals surface area contributed by atoms with Crippen molar-refractivity contribution in [3.63, 3.8) is 0 Å². The van der Waals surface area contributed by atoms with Crippen LogP contribution in [0.1, 0.15) is 5.56 Å². The van der Waals surface area contributed by atoms with Crippen molar-refractivity contribution in [1.82, 2.24) is 4.98 Å². The molecule has 0 aliphatic heterocycles. The first-order valence-corrected chi connectivity index (χ1v) is 3.99. The van der Waals surface area contributed by atoms with Crippen LogP contribution in [-0.4, -0.2) is 19.1 Å². The van der Waals surface area contributed by atoms with Gasteiger partial charge in [-0.25, -0.2) is 4.98 Å². The molecule has 0 saturated heterocycles. The van der Waals surface area contributed by atoms with Crippen molar-refractivity contribution in [2.45, 2.75) is 5.38 Å². The molecule has 72 valence electrons. The first kappa shape index (κ1) is 10.2. The van der Waals surface area contributed by atoms with Crippen molar-refractivity contribution < 1.29 is 8.78 Å². The lowest BCUT2D eigenvalue weighted by Crippen LogP contribution is -2.12. The fourth-order valence-electron chi connectivity index (χ4n) is 0.839. The molecule has 0 unspecified atom stereocenters. The predicted octanol–water partition coefficient (Wildman–Crippen LogP) is 2.44. The van der Waals surface area contributed by atoms with E-state index in [-0.39, 0.29) is 5.56 Å². The zero-order chi connectivity index (χ0) is 10.1. The van der Waals surface area contributed by atoms with Crippen molar-refractivity contribution in [3.8, 4) is 0 Å². The highest BCUT2D eigenvalue weighted by atomic mass is 35.5. The smallest absolute Gasteiger partial charge is 0.348 e. The summed E-state index contributed by atoms with van der Waals surface area (Å²) in [5.74, 6) is 0.456. The highest BCUT2D eigenvalue weighted by Gasteiger charge is 2.28. The van der Waals surface area contributed by atoms with Gasteiger partial charge in [-0.15, -0.1) is 0 Å². The van der Waals surface area contributed by atoms with Gasteiger partial charge >= 0.3 is 5.38 Å². The minimum atomic E-state index is -3.33. The van der Waals surface area contributed by atoms with Crippen LogP contribution in [0.15, 0.2) is 18.3 Å². The fraction of sp³-hybridized carbons (Fsp3) is 0.375. The first-order valence-electron chi connectivity index (χ1n) is 3.62. The average Bonchev–Trinajstić information content (AvgIpc) is 2.03. The number of alkyl halides is 3. The van der Waals surface area contributed by atoms with Crippen LogP contribution in [-0.2, 0) is 5.38 Å². The van der Waals surface area contributed by atoms with Gasteiger partial charge in [0, 0.05) is 25.9 Å². The van der Waals surface area contributed by atoms with E-state index in [2.05, 4.69) is 4.98 Å². The van der Waals surface area contributed by atoms with Crippen LogP contribution < -0.4 is 4.90 Å². The highest BCUT2D eigenvalue weighted by molar-refractivity contribution is 6.21. The molecule has 0 saturated carbocycles. The Bertz CT molecular complexity index is 296. The van der Waals surface area contributed by atoms with E-state index in [0.717, 1.165) is 0 Å². The lowest BCUT2D eigenvalue weighted by atomic mass is 10.2. The maximum atomic E-state index is 12.6. The van der Waals surface area contributed by atoms with E-state index in [4.69, 9.17) is 11.6 Å². The average molecular weight is 207 g/mol. The van der Waals surface area contributed by atoms with E-state index in [1.54, 1.807) is 19.0 Å². The number of nitrogens with zero attached hydrogens (tertiary/aromatic N) is 2. The minimum absolute atomic E-state index is 0.243. The Morgan fingerprint density at radius 2 is 2.08 bits per heavy atom. The van der Waals surface area contributed by atoms with E-state index < -0.39 is 5.38 Å². The van der Waals surface area contributed by atoms with Crippen LogP contribution in [0.4, 0.5) is 14.6 Å². The lowest BCUT2D eigenvalue weighted by Gasteiger charge is -2.13. The SMILES string of the molecule is CN(C)c1cc(C(F)(F)Cl)ccn1. The highest BCUT2D eigenvalue weighted by Crippen LogP contribution is 2.32. The van der Waals surface area contributed by atoms with E-state index >= 15 is 0 Å². The summed E-state index contributed by atoms with van der Waals surface area (Å²) in [5.41, 5.74) is -0.243. The molecule has 0 aromatic carbocycles. The molecule has 0 bridgehead atoms. The number of hydrogen-bond donors (Lipinski definition) is 0. The van der Waals surface area contributed by atoms with Gasteiger partial charge in [0.25, 0.3) is 0 Å². The van der Waals surface area contributed by atoms with Crippen molar-refractivity contribution in [2.75, 3.05) is 19.0 Å². The largest absolute Gasteiger partial charge is 0.363 e. The van der Waals surface area contributed by atoms with Gasteiger partial charge < -0.3 is 4.90 Å². The summed E-state index contributed by atoms with van der Waals surface area (Å²) >= 11 is 4.86. The Kier molecular flexibility index (Phi) is 2.71. The summed E-state index contributed by atoms with van der Waals surface area (Å²) in [4.78, 5) is 5.52. The molecule has 1 aromatic heterocycles. The van der Waals surface area contributed by atoms with Crippen LogP contribution in [0.2, 0.25) is 0 Å². The van der Waals surface area contributed by atoms with Gasteiger partial charge in [0.15, 0.2) is 0 Å². The van der Waals surface area contributed by atoms with E-state index in [1.807, 2.05) is 0 Å². The second-order valence-corrected chi connectivity index (χ2v) is 3.27. The van der Waals surface area contributed by atoms with Gasteiger partial charge in [-0.1, -0.05) is 0 Å². The van der Waals surface area contributed by atoms with Gasteiger partial charge in [-0.3, -0.25) is 0 Å². The van der Waals surface area contributed by atoms with Crippen LogP contribution in [0.5, 0.6) is 0 Å². The second kappa shape index (κ2) is 3.46. The zero-order valence-corrected chi connectivity index (χ0v) is 8.02. The molecule has 1 aromatic rings. The number of anilines is 1. The molecule has 5 heteroatoms. The maximum absolute atomic E-state index is 12.6. The Morgan fingerprint density at radius 3 is 2.54 bits per heavy atom. The topological polar surface area (TPSA) is 16.1 Å². The minimum Gasteiger partial charge on any atom is -0.363 e. The Hall–Kier alpha value is -0.900. The maximum Gasteiger partial charge on any atom is 0.348 e. The summed E-state index contributed by atoms with van der Waals surface area (Å²) in [5, 5.41) is -3.33. The molecule has 0 aliphatic carbocycles. The van der Waals surface area contributed by atoms with Gasteiger partial charge in [0.2, 0.25) is 0 Å². The van der Waals surface area contributed by atoms with Crippen LogP contribution in [0.3, 0.4) is 0 Å². The normalized spacial score (nSPS) is 11.5. The molecular weight excluding hydrogens is 198 g/mol. The van der Waals surface area contributed by atoms with Crippen LogP contribution in [0, 0.1) is 0 Å². The predicted molar refractivity (Wildman–Crippen MR) is 48.3 cm³/mol. The molecule has 0 amide bonds. The van der Waals surface area contributed by atoms with Crippen LogP contribution >= 0.6 is 11.6 Å². The molecule has 1 rings (SSSR count). The summed E-state index contributed by atoms with van der Waals surface area (Å²) < 4.78 is 25.2. The molecule has 0 spiro atoms. The molecule has 0 N–H and O–H groups in total. The summed E-state index contributed by atoms with van der Waals surface area (Å²) in [6, 6.07) is 2.45. The van der Waals surface area contributed by atoms with Gasteiger partial charge in [0.1, 0.15) is 5.82 Å². The molecule has 1 heterocycles. The Morgan fingerprint density at radius 1 is 1.46 bits per heavy atom. The third-order valence-electron chi connectivity index (χ3n) is 1.53. The van der Waals surface area contributed by atoms with E-state index in [9.17, 15) is 8.78 Å². The molecular formula is C8H9ClF2N2. The lowest BCUT2D eigenvalue weighted by molar-refractivity contribution is 0.0951. The number of hydrogen-bond acceptors (Lipinski definition) is 2. The molecule has 0 fully saturated rings. The zero-order valence-electron chi connectivity index (χ0n) is 7.26. The number of aromatic nitrogens is 1. The van der Waals surface area contributed by atoms with Crippen LogP contribution in [0.25, 0.3) is 0 Å². The number of halogens is 3. The van der Waals surface area contributed by atoms with E-state index in [0.29, 0.717) is 5.82 Å². The quantitative estimate of drug-likeness (QED) is 0.691. The monoisotopic (exact) mass is 206 g/mol. The Balaban J connectivity index is 3.06. The first-order chi connectivity index (χ1) is 5.91. The van der Waals surface area contributed by atoms with Crippen molar-refractivity contribution in [2.24, 2.45) is 0 Å². The summed E-state index contributed by atoms with van der Waals surface area (Å²) in [6.07, 6.45) is 1.31. The third kappa shape index (κ3) is 2.52. The van der Waals surface area contributed by atoms with Crippen molar-refractivity contribution >= 4 is 17.4 Å². The fourth-order valence-corrected chi connectivity index (χ4v) is 0.957. The van der Waals surface area contributed by atoms with Gasteiger partial charge in [-0.2, -0.15) is 8.78 Å². The second-order valence-electron chi connectivity index (χ2n) is 2.79. The molecule has 0 atom stereocenters. The van der Waals surface area contributed by atoms with E-state index in [1.165, 1.54) is 18.3 Å². The number of rotatable bonds is 2. The van der Waals surface area contributed by atoms with Crippen molar-refractivity contribution in [3.05, 3.63) is 23.9 Å². The van der Waals surface area contributed by atoms with Gasteiger partial charge in [-0.05, 0) is 23.7 Å². The van der Waals surface area contributed by atoms with Crippen molar-refractivity contribution in [1.29, 1.82) is 0 Å². The standard InChI is InChI=1S/C8H9ClF2N2/c1-13(2)7-5-6(3-4-12-7)8(9,10)11/h3-5H,1-2H3. The third-order valence-corrected chi connectivity index (χ3v) is 1.75. The molecule has 13 heavy (non-hydrogen) atoms. The molecule has 0 aliphatic rings. The Labute approximate surface area is 80.1 Å². The number of pyridine rings is 1. The summed E-state index contributed by atoms with van der Waals surface area (Å²) in [6.45, 7) is 0. The molecule has 0 radical (unpaired) electrons.